The van der Waals surface area contributed by atoms with Gasteiger partial charge in [0, 0.05) is 27.2 Å². The lowest BCUT2D eigenvalue weighted by atomic mass is 10.1. The topological polar surface area (TPSA) is 64.1 Å². The second kappa shape index (κ2) is 10.2. The highest BCUT2D eigenvalue weighted by Gasteiger charge is 2.13. The third kappa shape index (κ3) is 5.25. The van der Waals surface area contributed by atoms with Crippen molar-refractivity contribution >= 4 is 29.9 Å². The SMILES string of the molecule is CN=C(NCc1ccc2c(c1)OCO2)NCc1ccccc1COC.I. The number of halogens is 1. The first-order valence-corrected chi connectivity index (χ1v) is 8.19. The summed E-state index contributed by atoms with van der Waals surface area (Å²) in [6.07, 6.45) is 0. The molecule has 1 aliphatic rings. The summed E-state index contributed by atoms with van der Waals surface area (Å²) in [7, 11) is 3.46. The monoisotopic (exact) mass is 469 g/mol. The molecule has 2 aromatic carbocycles. The fraction of sp³-hybridized carbons (Fsp3) is 0.316. The van der Waals surface area contributed by atoms with Gasteiger partial charge in [0.1, 0.15) is 0 Å². The third-order valence-corrected chi connectivity index (χ3v) is 3.99. The Morgan fingerprint density at radius 1 is 1.04 bits per heavy atom. The van der Waals surface area contributed by atoms with Crippen molar-refractivity contribution in [1.82, 2.24) is 10.6 Å². The minimum absolute atomic E-state index is 0. The van der Waals surface area contributed by atoms with Crippen molar-refractivity contribution in [2.75, 3.05) is 21.0 Å². The van der Waals surface area contributed by atoms with Crippen LogP contribution in [0.5, 0.6) is 11.5 Å². The van der Waals surface area contributed by atoms with Crippen LogP contribution < -0.4 is 20.1 Å². The van der Waals surface area contributed by atoms with E-state index < -0.39 is 0 Å². The van der Waals surface area contributed by atoms with Gasteiger partial charge in [-0.2, -0.15) is 0 Å². The molecule has 1 heterocycles. The van der Waals surface area contributed by atoms with E-state index in [2.05, 4.69) is 27.8 Å². The number of methoxy groups -OCH3 is 1. The van der Waals surface area contributed by atoms with Gasteiger partial charge in [-0.3, -0.25) is 4.99 Å². The van der Waals surface area contributed by atoms with Crippen LogP contribution in [0.25, 0.3) is 0 Å². The average Bonchev–Trinajstić information content (AvgIpc) is 3.11. The second-order valence-corrected chi connectivity index (χ2v) is 5.67. The first kappa shape index (κ1) is 20.3. The molecule has 0 saturated carbocycles. The lowest BCUT2D eigenvalue weighted by Gasteiger charge is -2.14. The molecule has 140 valence electrons. The normalized spacial score (nSPS) is 12.5. The van der Waals surface area contributed by atoms with Gasteiger partial charge >= 0.3 is 0 Å². The van der Waals surface area contributed by atoms with Crippen LogP contribution in [0.15, 0.2) is 47.5 Å². The maximum atomic E-state index is 5.41. The molecule has 0 amide bonds. The average molecular weight is 469 g/mol. The van der Waals surface area contributed by atoms with Crippen molar-refractivity contribution in [1.29, 1.82) is 0 Å². The zero-order valence-corrected chi connectivity index (χ0v) is 17.3. The molecule has 26 heavy (non-hydrogen) atoms. The Balaban J connectivity index is 0.00000243. The van der Waals surface area contributed by atoms with Gasteiger partial charge in [-0.15, -0.1) is 24.0 Å². The van der Waals surface area contributed by atoms with Crippen molar-refractivity contribution in [3.8, 4) is 11.5 Å². The fourth-order valence-corrected chi connectivity index (χ4v) is 2.66. The number of guanidine groups is 1. The quantitative estimate of drug-likeness (QED) is 0.387. The Kier molecular flexibility index (Phi) is 7.99. The summed E-state index contributed by atoms with van der Waals surface area (Å²) < 4.78 is 16.0. The van der Waals surface area contributed by atoms with E-state index in [9.17, 15) is 0 Å². The summed E-state index contributed by atoms with van der Waals surface area (Å²) in [6, 6.07) is 14.1. The molecule has 0 aliphatic carbocycles. The van der Waals surface area contributed by atoms with Crippen molar-refractivity contribution in [2.45, 2.75) is 19.7 Å². The van der Waals surface area contributed by atoms with Gasteiger partial charge < -0.3 is 24.8 Å². The molecule has 6 nitrogen and oxygen atoms in total. The van der Waals surface area contributed by atoms with E-state index in [1.54, 1.807) is 14.2 Å². The molecule has 1 aliphatic heterocycles. The fourth-order valence-electron chi connectivity index (χ4n) is 2.66. The van der Waals surface area contributed by atoms with Gasteiger partial charge in [-0.1, -0.05) is 30.3 Å². The predicted octanol–water partition coefficient (Wildman–Crippen LogP) is 3.04. The van der Waals surface area contributed by atoms with Crippen LogP contribution in [0.4, 0.5) is 0 Å². The molecule has 2 N–H and O–H groups in total. The van der Waals surface area contributed by atoms with Crippen LogP contribution in [0.1, 0.15) is 16.7 Å². The van der Waals surface area contributed by atoms with E-state index in [0.717, 1.165) is 23.0 Å². The highest BCUT2D eigenvalue weighted by Crippen LogP contribution is 2.32. The number of aliphatic imine (C=N–C) groups is 1. The van der Waals surface area contributed by atoms with Gasteiger partial charge in [0.25, 0.3) is 0 Å². The molecule has 2 aromatic rings. The highest BCUT2D eigenvalue weighted by molar-refractivity contribution is 14.0. The van der Waals surface area contributed by atoms with Gasteiger partial charge in [-0.25, -0.2) is 0 Å². The maximum absolute atomic E-state index is 5.41. The van der Waals surface area contributed by atoms with Gasteiger partial charge in [0.05, 0.1) is 6.61 Å². The number of nitrogens with zero attached hydrogens (tertiary/aromatic N) is 1. The Morgan fingerprint density at radius 3 is 2.54 bits per heavy atom. The number of benzene rings is 2. The Bertz CT molecular complexity index is 753. The molecule has 0 saturated heterocycles. The summed E-state index contributed by atoms with van der Waals surface area (Å²) in [4.78, 5) is 4.27. The summed E-state index contributed by atoms with van der Waals surface area (Å²) in [5.41, 5.74) is 3.46. The van der Waals surface area contributed by atoms with Crippen LogP contribution in [-0.4, -0.2) is 26.9 Å². The molecule has 0 bridgehead atoms. The van der Waals surface area contributed by atoms with Crippen LogP contribution in [0, 0.1) is 0 Å². The second-order valence-electron chi connectivity index (χ2n) is 5.67. The standard InChI is InChI=1S/C19H23N3O3.HI/c1-20-19(22-11-15-5-3-4-6-16(15)12-23-2)21-10-14-7-8-17-18(9-14)25-13-24-17;/h3-9H,10-13H2,1-2H3,(H2,20,21,22);1H. The number of ether oxygens (including phenoxy) is 3. The van der Waals surface area contributed by atoms with Gasteiger partial charge in [0.15, 0.2) is 17.5 Å². The first-order chi connectivity index (χ1) is 12.3. The largest absolute Gasteiger partial charge is 0.454 e. The Hall–Kier alpha value is -2.00. The third-order valence-electron chi connectivity index (χ3n) is 3.99. The number of fused-ring (bicyclic) bond motifs is 1. The van der Waals surface area contributed by atoms with Crippen LogP contribution in [0.3, 0.4) is 0 Å². The van der Waals surface area contributed by atoms with E-state index >= 15 is 0 Å². The minimum atomic E-state index is 0. The Morgan fingerprint density at radius 2 is 1.77 bits per heavy atom. The molecule has 0 radical (unpaired) electrons. The minimum Gasteiger partial charge on any atom is -0.454 e. The lowest BCUT2D eigenvalue weighted by Crippen LogP contribution is -2.36. The molecule has 7 heteroatoms. The number of rotatable bonds is 6. The summed E-state index contributed by atoms with van der Waals surface area (Å²) >= 11 is 0. The molecular weight excluding hydrogens is 445 g/mol. The van der Waals surface area contributed by atoms with Gasteiger partial charge in [-0.05, 0) is 28.8 Å². The van der Waals surface area contributed by atoms with Crippen molar-refractivity contribution in [3.05, 3.63) is 59.2 Å². The van der Waals surface area contributed by atoms with Crippen LogP contribution >= 0.6 is 24.0 Å². The molecule has 0 fully saturated rings. The zero-order valence-electron chi connectivity index (χ0n) is 15.0. The molecule has 0 aromatic heterocycles. The molecule has 0 atom stereocenters. The van der Waals surface area contributed by atoms with Crippen molar-refractivity contribution < 1.29 is 14.2 Å². The van der Waals surface area contributed by atoms with E-state index in [-0.39, 0.29) is 30.8 Å². The summed E-state index contributed by atoms with van der Waals surface area (Å²) in [6.45, 7) is 2.22. The first-order valence-electron chi connectivity index (χ1n) is 8.19. The smallest absolute Gasteiger partial charge is 0.231 e. The molecule has 0 unspecified atom stereocenters. The van der Waals surface area contributed by atoms with Crippen molar-refractivity contribution in [3.63, 3.8) is 0 Å². The summed E-state index contributed by atoms with van der Waals surface area (Å²) in [5.74, 6) is 2.32. The van der Waals surface area contributed by atoms with Crippen LogP contribution in [-0.2, 0) is 24.4 Å². The number of hydrogen-bond acceptors (Lipinski definition) is 4. The van der Waals surface area contributed by atoms with E-state index in [4.69, 9.17) is 14.2 Å². The predicted molar refractivity (Wildman–Crippen MR) is 112 cm³/mol. The summed E-state index contributed by atoms with van der Waals surface area (Å²) in [5, 5.41) is 6.64. The highest BCUT2D eigenvalue weighted by atomic mass is 127. The lowest BCUT2D eigenvalue weighted by molar-refractivity contribution is 0.174. The van der Waals surface area contributed by atoms with Gasteiger partial charge in [0.2, 0.25) is 6.79 Å². The molecular formula is C19H24IN3O3. The molecule has 0 spiro atoms. The number of nitrogens with one attached hydrogen (secondary N) is 2. The van der Waals surface area contributed by atoms with Crippen molar-refractivity contribution in [2.24, 2.45) is 4.99 Å². The molecule has 3 rings (SSSR count). The van der Waals surface area contributed by atoms with E-state index in [1.165, 1.54) is 11.1 Å². The Labute approximate surface area is 171 Å². The van der Waals surface area contributed by atoms with E-state index in [1.807, 2.05) is 30.3 Å². The maximum Gasteiger partial charge on any atom is 0.231 e. The zero-order chi connectivity index (χ0) is 17.5. The van der Waals surface area contributed by atoms with E-state index in [0.29, 0.717) is 19.7 Å². The number of hydrogen-bond donors (Lipinski definition) is 2. The van der Waals surface area contributed by atoms with Crippen LogP contribution in [0.2, 0.25) is 0 Å².